The van der Waals surface area contributed by atoms with E-state index < -0.39 is 35.4 Å². The van der Waals surface area contributed by atoms with Crippen molar-refractivity contribution in [1.29, 1.82) is 0 Å². The van der Waals surface area contributed by atoms with Crippen molar-refractivity contribution in [1.82, 2.24) is 5.01 Å². The van der Waals surface area contributed by atoms with Crippen molar-refractivity contribution in [3.63, 3.8) is 0 Å². The third-order valence-corrected chi connectivity index (χ3v) is 5.34. The van der Waals surface area contributed by atoms with Gasteiger partial charge >= 0.3 is 12.1 Å². The summed E-state index contributed by atoms with van der Waals surface area (Å²) >= 11 is 3.72. The Kier molecular flexibility index (Phi) is 5.38. The number of methoxy groups -OCH3 is 1. The average molecular weight is 478 g/mol. The Morgan fingerprint density at radius 2 is 2.04 bits per heavy atom. The molecule has 2 aliphatic heterocycles. The second kappa shape index (κ2) is 7.33. The first-order valence-corrected chi connectivity index (χ1v) is 9.19. The summed E-state index contributed by atoms with van der Waals surface area (Å²) in [5.41, 5.74) is -3.05. The fourth-order valence-corrected chi connectivity index (χ4v) is 3.58. The topological polar surface area (TPSA) is 91.6 Å². The number of hydrogen-bond acceptors (Lipinski definition) is 7. The number of ether oxygens (including phenoxy) is 1. The zero-order valence-electron chi connectivity index (χ0n) is 14.0. The van der Waals surface area contributed by atoms with Crippen LogP contribution in [-0.2, 0) is 14.3 Å². The van der Waals surface area contributed by atoms with Gasteiger partial charge in [-0.05, 0) is 29.5 Å². The summed E-state index contributed by atoms with van der Waals surface area (Å²) < 4.78 is 46.1. The van der Waals surface area contributed by atoms with Crippen LogP contribution in [0, 0.1) is 0 Å². The number of halogens is 4. The molecule has 1 amide bonds. The van der Waals surface area contributed by atoms with Crippen LogP contribution >= 0.6 is 27.7 Å². The number of amides is 1. The Bertz CT molecular complexity index is 930. The van der Waals surface area contributed by atoms with E-state index in [1.165, 1.54) is 0 Å². The van der Waals surface area contributed by atoms with Gasteiger partial charge in [-0.15, -0.1) is 0 Å². The lowest BCUT2D eigenvalue weighted by molar-refractivity contribution is -0.294. The molecule has 0 fully saturated rings. The van der Waals surface area contributed by atoms with Gasteiger partial charge in [0.25, 0.3) is 11.6 Å². The number of rotatable bonds is 2. The normalized spacial score (nSPS) is 23.9. The van der Waals surface area contributed by atoms with E-state index >= 15 is 0 Å². The highest BCUT2D eigenvalue weighted by Crippen LogP contribution is 2.44. The van der Waals surface area contributed by atoms with Gasteiger partial charge in [0.05, 0.1) is 24.1 Å². The third-order valence-electron chi connectivity index (χ3n) is 3.86. The molecule has 0 spiro atoms. The lowest BCUT2D eigenvalue weighted by atomic mass is 10.0. The fraction of sp³-hybridized carbons (Fsp3) is 0.250. The van der Waals surface area contributed by atoms with Crippen molar-refractivity contribution in [2.75, 3.05) is 7.11 Å². The molecule has 2 aliphatic rings. The molecule has 1 N–H and O–H groups in total. The highest BCUT2D eigenvalue weighted by molar-refractivity contribution is 9.10. The van der Waals surface area contributed by atoms with Crippen LogP contribution in [0.4, 0.5) is 13.2 Å². The molecule has 148 valence electrons. The first-order chi connectivity index (χ1) is 13.0. The second-order valence-electron chi connectivity index (χ2n) is 5.69. The molecule has 0 aliphatic carbocycles. The lowest BCUT2D eigenvalue weighted by Gasteiger charge is -2.33. The van der Waals surface area contributed by atoms with Gasteiger partial charge in [-0.2, -0.15) is 28.3 Å². The van der Waals surface area contributed by atoms with Gasteiger partial charge < -0.3 is 9.84 Å². The minimum atomic E-state index is -5.09. The van der Waals surface area contributed by atoms with Crippen LogP contribution in [0.15, 0.2) is 49.8 Å². The summed E-state index contributed by atoms with van der Waals surface area (Å²) in [6.45, 7) is 0. The maximum Gasteiger partial charge on any atom is 0.438 e. The Balaban J connectivity index is 1.99. The van der Waals surface area contributed by atoms with Gasteiger partial charge in [0.2, 0.25) is 0 Å². The Hall–Kier alpha value is -2.18. The van der Waals surface area contributed by atoms with Crippen LogP contribution in [0.5, 0.6) is 0 Å². The number of nitrogens with zero attached hydrogens (tertiary/aromatic N) is 3. The summed E-state index contributed by atoms with van der Waals surface area (Å²) in [6, 6.07) is 6.33. The number of esters is 1. The number of alkyl halides is 3. The van der Waals surface area contributed by atoms with Crippen LogP contribution in [0.1, 0.15) is 12.0 Å². The summed E-state index contributed by atoms with van der Waals surface area (Å²) in [6.07, 6.45) is -5.14. The van der Waals surface area contributed by atoms with E-state index in [0.29, 0.717) is 17.3 Å². The quantitative estimate of drug-likeness (QED) is 0.520. The molecule has 7 nitrogen and oxygen atoms in total. The van der Waals surface area contributed by atoms with E-state index in [0.717, 1.165) is 17.7 Å². The van der Waals surface area contributed by atoms with Crippen molar-refractivity contribution in [3.8, 4) is 0 Å². The predicted molar refractivity (Wildman–Crippen MR) is 98.3 cm³/mol. The summed E-state index contributed by atoms with van der Waals surface area (Å²) in [5.74, 6) is -1.79. The van der Waals surface area contributed by atoms with Gasteiger partial charge in [0, 0.05) is 10.5 Å². The molecule has 3 rings (SSSR count). The fourth-order valence-electron chi connectivity index (χ4n) is 2.43. The number of benzene rings is 1. The average Bonchev–Trinajstić information content (AvgIpc) is 3.16. The van der Waals surface area contributed by atoms with E-state index in [2.05, 4.69) is 30.8 Å². The molecule has 1 aromatic rings. The molecule has 0 bridgehead atoms. The van der Waals surface area contributed by atoms with Gasteiger partial charge in [-0.25, -0.2) is 4.79 Å². The van der Waals surface area contributed by atoms with Crippen LogP contribution < -0.4 is 0 Å². The first kappa shape index (κ1) is 20.6. The molecule has 1 aromatic carbocycles. The number of carbonyl (C=O) groups is 2. The molecule has 12 heteroatoms. The van der Waals surface area contributed by atoms with E-state index in [9.17, 15) is 27.9 Å². The number of aliphatic hydroxyl groups is 1. The Morgan fingerprint density at radius 1 is 1.39 bits per heavy atom. The second-order valence-corrected chi connectivity index (χ2v) is 7.61. The highest BCUT2D eigenvalue weighted by atomic mass is 79.9. The third kappa shape index (κ3) is 3.71. The molecule has 28 heavy (non-hydrogen) atoms. The van der Waals surface area contributed by atoms with Crippen LogP contribution in [-0.4, -0.2) is 51.9 Å². The largest absolute Gasteiger partial charge is 0.466 e. The van der Waals surface area contributed by atoms with E-state index in [-0.39, 0.29) is 15.6 Å². The number of hydrogen-bond donors (Lipinski definition) is 1. The minimum absolute atomic E-state index is 0.0338. The molecule has 0 aromatic heterocycles. The summed E-state index contributed by atoms with van der Waals surface area (Å²) in [4.78, 5) is 26.5. The van der Waals surface area contributed by atoms with Gasteiger partial charge in [-0.1, -0.05) is 28.1 Å². The number of hydrazone groups is 1. The van der Waals surface area contributed by atoms with Crippen LogP contribution in [0.3, 0.4) is 0 Å². The number of aliphatic imine (C=N–C) groups is 1. The van der Waals surface area contributed by atoms with Gasteiger partial charge in [0.1, 0.15) is 0 Å². The summed E-state index contributed by atoms with van der Waals surface area (Å²) in [5, 5.41) is 14.0. The molecular weight excluding hydrogens is 467 g/mol. The number of amidine groups is 1. The van der Waals surface area contributed by atoms with Crippen molar-refractivity contribution >= 4 is 50.4 Å². The monoisotopic (exact) mass is 477 g/mol. The van der Waals surface area contributed by atoms with Crippen molar-refractivity contribution in [3.05, 3.63) is 45.3 Å². The first-order valence-electron chi connectivity index (χ1n) is 7.58. The molecular formula is C16H11BrF3N3O4S. The molecule has 0 saturated heterocycles. The Labute approximate surface area is 169 Å². The molecule has 0 radical (unpaired) electrons. The van der Waals surface area contributed by atoms with Crippen molar-refractivity contribution < 1.29 is 32.6 Å². The number of carbonyl (C=O) groups excluding carboxylic acids is 2. The van der Waals surface area contributed by atoms with Gasteiger partial charge in [-0.3, -0.25) is 4.79 Å². The van der Waals surface area contributed by atoms with E-state index in [1.54, 1.807) is 24.3 Å². The minimum Gasteiger partial charge on any atom is -0.466 e. The van der Waals surface area contributed by atoms with Crippen LogP contribution in [0.25, 0.3) is 0 Å². The number of thioether (sulfide) groups is 1. The Morgan fingerprint density at radius 3 is 2.61 bits per heavy atom. The van der Waals surface area contributed by atoms with E-state index in [1.807, 2.05) is 0 Å². The predicted octanol–water partition coefficient (Wildman–Crippen LogP) is 2.80. The van der Waals surface area contributed by atoms with Crippen molar-refractivity contribution in [2.24, 2.45) is 10.1 Å². The molecule has 2 heterocycles. The van der Waals surface area contributed by atoms with Gasteiger partial charge in [0.15, 0.2) is 5.17 Å². The zero-order chi connectivity index (χ0) is 20.7. The maximum atomic E-state index is 13.7. The van der Waals surface area contributed by atoms with Crippen molar-refractivity contribution in [2.45, 2.75) is 18.3 Å². The molecule has 1 atom stereocenters. The SMILES string of the molecule is COC(=O)/C=C1/SC(N2N=C(c3ccc(Br)cc3)C[C@]2(O)C(F)(F)F)=NC1=O. The summed E-state index contributed by atoms with van der Waals surface area (Å²) in [7, 11) is 1.09. The highest BCUT2D eigenvalue weighted by Gasteiger charge is 2.63. The zero-order valence-corrected chi connectivity index (χ0v) is 16.4. The molecule has 0 saturated carbocycles. The van der Waals surface area contributed by atoms with Crippen LogP contribution in [0.2, 0.25) is 0 Å². The molecule has 0 unspecified atom stereocenters. The maximum absolute atomic E-state index is 13.7. The lowest BCUT2D eigenvalue weighted by Crippen LogP contribution is -2.56. The smallest absolute Gasteiger partial charge is 0.438 e. The van der Waals surface area contributed by atoms with E-state index in [4.69, 9.17) is 0 Å². The standard InChI is InChI=1S/C16H11BrF3N3O4S/c1-27-12(24)6-11-13(25)21-14(28-11)23-15(26,16(18,19)20)7-10(22-23)8-2-4-9(17)5-3-8/h2-6,26H,7H2,1H3/b11-6+/t15-/m0/s1.